The zero-order chi connectivity index (χ0) is 7.02. The Morgan fingerprint density at radius 2 is 2.22 bits per heavy atom. The molecule has 1 aliphatic rings. The Kier molecular flexibility index (Phi) is 1.53. The second-order valence-electron chi connectivity index (χ2n) is 2.04. The van der Waals surface area contributed by atoms with Crippen molar-refractivity contribution in [3.63, 3.8) is 0 Å². The van der Waals surface area contributed by atoms with Crippen molar-refractivity contribution in [2.75, 3.05) is 14.1 Å². The Morgan fingerprint density at radius 3 is 2.33 bits per heavy atom. The number of hydrogen-bond acceptors (Lipinski definition) is 2. The Hall–Kier alpha value is -0.440. The fraction of sp³-hybridized carbons (Fsp3) is 0.600. The van der Waals surface area contributed by atoms with Crippen LogP contribution in [-0.4, -0.2) is 30.3 Å². The predicted molar refractivity (Wildman–Crippen MR) is 34.4 cm³/mol. The molecular weight excluding hydrogens is 143 g/mol. The van der Waals surface area contributed by atoms with E-state index in [2.05, 4.69) is 0 Å². The van der Waals surface area contributed by atoms with Crippen molar-refractivity contribution in [2.24, 2.45) is 0 Å². The molecule has 4 heteroatoms. The quantitative estimate of drug-likeness (QED) is 0.478. The molecule has 0 fully saturated rings. The molecule has 1 atom stereocenters. The van der Waals surface area contributed by atoms with Gasteiger partial charge in [0.05, 0.1) is 0 Å². The van der Waals surface area contributed by atoms with Crippen LogP contribution in [-0.2, 0) is 0 Å². The zero-order valence-corrected chi connectivity index (χ0v) is 6.06. The van der Waals surface area contributed by atoms with E-state index in [1.165, 1.54) is 9.80 Å². The lowest BCUT2D eigenvalue weighted by molar-refractivity contribution is 0.0598. The summed E-state index contributed by atoms with van der Waals surface area (Å²) in [5, 5.41) is 0.435. The van der Waals surface area contributed by atoms with Crippen LogP contribution in [0.3, 0.4) is 0 Å². The fourth-order valence-corrected chi connectivity index (χ4v) is 0.930. The lowest BCUT2D eigenvalue weighted by atomic mass is 10.8. The first-order valence-electron chi connectivity index (χ1n) is 2.59. The summed E-state index contributed by atoms with van der Waals surface area (Å²) in [5.41, 5.74) is 0. The van der Waals surface area contributed by atoms with Crippen LogP contribution in [0.1, 0.15) is 0 Å². The van der Waals surface area contributed by atoms with E-state index in [1.54, 1.807) is 20.3 Å². The minimum atomic E-state index is -1.10. The minimum Gasteiger partial charge on any atom is -0.332 e. The third kappa shape index (κ3) is 0.965. The summed E-state index contributed by atoms with van der Waals surface area (Å²) < 4.78 is 12.7. The molecule has 0 aliphatic carbocycles. The third-order valence-electron chi connectivity index (χ3n) is 1.30. The van der Waals surface area contributed by atoms with Gasteiger partial charge >= 0.3 is 0 Å². The molecule has 0 saturated carbocycles. The number of hydrogen-bond donors (Lipinski definition) is 0. The predicted octanol–water partition coefficient (Wildman–Crippen LogP) is 1.15. The van der Waals surface area contributed by atoms with Gasteiger partial charge in [-0.1, -0.05) is 11.6 Å². The van der Waals surface area contributed by atoms with Gasteiger partial charge in [-0.3, -0.25) is 0 Å². The molecule has 0 N–H and O–H groups in total. The molecule has 0 aromatic rings. The SMILES string of the molecule is CN1C=C(Cl)N(C)C1F. The normalized spacial score (nSPS) is 27.1. The van der Waals surface area contributed by atoms with Gasteiger partial charge in [-0.2, -0.15) is 4.39 Å². The topological polar surface area (TPSA) is 6.48 Å². The van der Waals surface area contributed by atoms with Gasteiger partial charge in [-0.25, -0.2) is 0 Å². The average Bonchev–Trinajstić information content (AvgIpc) is 1.98. The molecule has 1 aliphatic heterocycles. The van der Waals surface area contributed by atoms with E-state index in [1.807, 2.05) is 0 Å². The summed E-state index contributed by atoms with van der Waals surface area (Å²) in [6.45, 7) is 0. The monoisotopic (exact) mass is 150 g/mol. The summed E-state index contributed by atoms with van der Waals surface area (Å²) in [7, 11) is 3.24. The molecule has 2 nitrogen and oxygen atoms in total. The molecule has 0 amide bonds. The molecule has 0 aromatic heterocycles. The molecule has 1 unspecified atom stereocenters. The highest BCUT2D eigenvalue weighted by Gasteiger charge is 2.24. The van der Waals surface area contributed by atoms with E-state index in [-0.39, 0.29) is 0 Å². The van der Waals surface area contributed by atoms with E-state index in [4.69, 9.17) is 11.6 Å². The number of nitrogens with zero attached hydrogens (tertiary/aromatic N) is 2. The van der Waals surface area contributed by atoms with E-state index in [0.717, 1.165) is 0 Å². The molecule has 0 saturated heterocycles. The third-order valence-corrected chi connectivity index (χ3v) is 1.67. The fourth-order valence-electron chi connectivity index (χ4n) is 0.696. The first-order valence-corrected chi connectivity index (χ1v) is 2.97. The van der Waals surface area contributed by atoms with Crippen LogP contribution in [0, 0.1) is 0 Å². The maximum absolute atomic E-state index is 12.7. The van der Waals surface area contributed by atoms with Crippen LogP contribution >= 0.6 is 11.6 Å². The molecule has 1 rings (SSSR count). The Labute approximate surface area is 58.5 Å². The van der Waals surface area contributed by atoms with Crippen LogP contribution in [0.5, 0.6) is 0 Å². The van der Waals surface area contributed by atoms with E-state index in [0.29, 0.717) is 5.16 Å². The van der Waals surface area contributed by atoms with Crippen LogP contribution in [0.25, 0.3) is 0 Å². The zero-order valence-electron chi connectivity index (χ0n) is 5.31. The molecule has 0 spiro atoms. The minimum absolute atomic E-state index is 0.435. The molecule has 0 aromatic carbocycles. The maximum Gasteiger partial charge on any atom is 0.249 e. The molecule has 0 radical (unpaired) electrons. The van der Waals surface area contributed by atoms with Crippen molar-refractivity contribution >= 4 is 11.6 Å². The summed E-state index contributed by atoms with van der Waals surface area (Å²) in [6, 6.07) is 0. The van der Waals surface area contributed by atoms with Crippen molar-refractivity contribution in [2.45, 2.75) is 6.42 Å². The van der Waals surface area contributed by atoms with Gasteiger partial charge in [0.1, 0.15) is 5.16 Å². The lowest BCUT2D eigenvalue weighted by Gasteiger charge is -2.19. The number of alkyl halides is 1. The molecule has 52 valence electrons. The second kappa shape index (κ2) is 2.06. The van der Waals surface area contributed by atoms with E-state index < -0.39 is 6.42 Å². The summed E-state index contributed by atoms with van der Waals surface area (Å²) >= 11 is 5.56. The highest BCUT2D eigenvalue weighted by atomic mass is 35.5. The van der Waals surface area contributed by atoms with Crippen LogP contribution < -0.4 is 0 Å². The second-order valence-corrected chi connectivity index (χ2v) is 2.43. The summed E-state index contributed by atoms with van der Waals surface area (Å²) in [4.78, 5) is 2.75. The summed E-state index contributed by atoms with van der Waals surface area (Å²) in [5.74, 6) is 0. The largest absolute Gasteiger partial charge is 0.332 e. The van der Waals surface area contributed by atoms with Gasteiger partial charge in [-0.05, 0) is 0 Å². The standard InChI is InChI=1S/C5H8ClFN2/c1-8-3-4(6)9(2)5(8)7/h3,5H,1-2H3. The maximum atomic E-state index is 12.7. The Balaban J connectivity index is 2.70. The van der Waals surface area contributed by atoms with Gasteiger partial charge in [-0.15, -0.1) is 0 Å². The van der Waals surface area contributed by atoms with Crippen molar-refractivity contribution in [1.29, 1.82) is 0 Å². The lowest BCUT2D eigenvalue weighted by Crippen LogP contribution is -2.29. The average molecular weight is 151 g/mol. The van der Waals surface area contributed by atoms with Crippen LogP contribution in [0.15, 0.2) is 11.4 Å². The molecule has 0 bridgehead atoms. The highest BCUT2D eigenvalue weighted by Crippen LogP contribution is 2.21. The van der Waals surface area contributed by atoms with Crippen molar-refractivity contribution in [3.05, 3.63) is 11.4 Å². The van der Waals surface area contributed by atoms with Gasteiger partial charge < -0.3 is 9.80 Å². The first-order chi connectivity index (χ1) is 4.13. The summed E-state index contributed by atoms with van der Waals surface area (Å²) in [6.07, 6.45) is 0.448. The van der Waals surface area contributed by atoms with Gasteiger partial charge in [0.25, 0.3) is 0 Å². The van der Waals surface area contributed by atoms with Gasteiger partial charge in [0.2, 0.25) is 6.42 Å². The van der Waals surface area contributed by atoms with Crippen LogP contribution in [0.4, 0.5) is 4.39 Å². The molecular formula is C5H8ClFN2. The Morgan fingerprint density at radius 1 is 1.67 bits per heavy atom. The van der Waals surface area contributed by atoms with Gasteiger partial charge in [0.15, 0.2) is 0 Å². The van der Waals surface area contributed by atoms with E-state index in [9.17, 15) is 4.39 Å². The van der Waals surface area contributed by atoms with Crippen molar-refractivity contribution < 1.29 is 4.39 Å². The smallest absolute Gasteiger partial charge is 0.249 e. The van der Waals surface area contributed by atoms with Crippen molar-refractivity contribution in [1.82, 2.24) is 9.80 Å². The highest BCUT2D eigenvalue weighted by molar-refractivity contribution is 6.29. The van der Waals surface area contributed by atoms with E-state index >= 15 is 0 Å². The van der Waals surface area contributed by atoms with Gasteiger partial charge in [0, 0.05) is 20.3 Å². The van der Waals surface area contributed by atoms with Crippen LogP contribution in [0.2, 0.25) is 0 Å². The molecule has 9 heavy (non-hydrogen) atoms. The van der Waals surface area contributed by atoms with Crippen molar-refractivity contribution in [3.8, 4) is 0 Å². The number of halogens is 2. The first kappa shape index (κ1) is 6.68. The number of rotatable bonds is 0. The Bertz CT molecular complexity index is 148. The molecule has 1 heterocycles.